The molecule has 6 nitrogen and oxygen atoms in total. The van der Waals surface area contributed by atoms with Crippen LogP contribution in [0.15, 0.2) is 41.3 Å². The summed E-state index contributed by atoms with van der Waals surface area (Å²) in [6.45, 7) is 0. The van der Waals surface area contributed by atoms with Crippen molar-refractivity contribution in [3.8, 4) is 23.0 Å². The lowest BCUT2D eigenvalue weighted by Crippen LogP contribution is -2.06. The van der Waals surface area contributed by atoms with Gasteiger partial charge in [-0.25, -0.2) is 0 Å². The van der Waals surface area contributed by atoms with E-state index in [1.165, 1.54) is 38.5 Å². The summed E-state index contributed by atoms with van der Waals surface area (Å²) in [6.07, 6.45) is -4.52. The molecule has 0 bridgehead atoms. The Morgan fingerprint density at radius 3 is 2.37 bits per heavy atom. The molecule has 142 valence electrons. The van der Waals surface area contributed by atoms with Gasteiger partial charge in [-0.1, -0.05) is 0 Å². The Kier molecular flexibility index (Phi) is 5.03. The predicted octanol–water partition coefficient (Wildman–Crippen LogP) is 3.57. The molecule has 0 spiro atoms. The van der Waals surface area contributed by atoms with E-state index in [2.05, 4.69) is 9.97 Å². The van der Waals surface area contributed by atoms with E-state index >= 15 is 0 Å². The number of ether oxygens (including phenoxy) is 2. The maximum absolute atomic E-state index is 13.0. The molecule has 10 heteroatoms. The van der Waals surface area contributed by atoms with Gasteiger partial charge in [-0.2, -0.15) is 23.1 Å². The molecule has 0 aliphatic heterocycles. The average molecular weight is 397 g/mol. The minimum atomic E-state index is -4.52. The lowest BCUT2D eigenvalue weighted by Gasteiger charge is -2.15. The summed E-state index contributed by atoms with van der Waals surface area (Å²) in [5.74, 6) is -0.0386. The lowest BCUT2D eigenvalue weighted by atomic mass is 10.0. The maximum Gasteiger partial charge on any atom is 0.416 e. The zero-order chi connectivity index (χ0) is 19.8. The van der Waals surface area contributed by atoms with Crippen LogP contribution in [0.5, 0.6) is 11.8 Å². The molecule has 27 heavy (non-hydrogen) atoms. The van der Waals surface area contributed by atoms with Gasteiger partial charge in [0.1, 0.15) is 5.75 Å². The van der Waals surface area contributed by atoms with Crippen LogP contribution in [0.2, 0.25) is 0 Å². The first-order valence-corrected chi connectivity index (χ1v) is 8.52. The van der Waals surface area contributed by atoms with Crippen LogP contribution in [-0.4, -0.2) is 32.9 Å². The smallest absolute Gasteiger partial charge is 0.416 e. The first-order valence-electron chi connectivity index (χ1n) is 7.45. The second kappa shape index (κ2) is 7.12. The second-order valence-electron chi connectivity index (χ2n) is 5.39. The molecular weight excluding hydrogens is 385 g/mol. The largest absolute Gasteiger partial charge is 0.768 e. The van der Waals surface area contributed by atoms with E-state index in [0.29, 0.717) is 5.39 Å². The monoisotopic (exact) mass is 397 g/mol. The van der Waals surface area contributed by atoms with Crippen molar-refractivity contribution in [3.05, 3.63) is 42.0 Å². The van der Waals surface area contributed by atoms with Crippen LogP contribution in [0.3, 0.4) is 0 Å². The Hall–Kier alpha value is -2.72. The summed E-state index contributed by atoms with van der Waals surface area (Å²) in [6, 6.07) is 7.11. The summed E-state index contributed by atoms with van der Waals surface area (Å²) >= 11 is -2.46. The second-order valence-corrected chi connectivity index (χ2v) is 6.33. The van der Waals surface area contributed by atoms with Crippen molar-refractivity contribution in [3.63, 3.8) is 0 Å². The van der Waals surface area contributed by atoms with Crippen LogP contribution >= 0.6 is 0 Å². The van der Waals surface area contributed by atoms with Gasteiger partial charge < -0.3 is 14.0 Å². The maximum atomic E-state index is 13.0. The highest BCUT2D eigenvalue weighted by atomic mass is 32.2. The first kappa shape index (κ1) is 19.1. The van der Waals surface area contributed by atoms with Gasteiger partial charge in [-0.15, -0.1) is 0 Å². The molecule has 3 rings (SSSR count). The minimum absolute atomic E-state index is 0.00795. The lowest BCUT2D eigenvalue weighted by molar-refractivity contribution is -0.137. The van der Waals surface area contributed by atoms with Crippen molar-refractivity contribution in [2.24, 2.45) is 0 Å². The normalized spacial score (nSPS) is 12.8. The fourth-order valence-electron chi connectivity index (χ4n) is 2.55. The molecular formula is C17H12F3N2O4S-. The van der Waals surface area contributed by atoms with Crippen LogP contribution in [0.1, 0.15) is 5.56 Å². The number of methoxy groups -OCH3 is 2. The molecule has 0 aliphatic carbocycles. The number of alkyl halides is 3. The average Bonchev–Trinajstić information content (AvgIpc) is 2.65. The zero-order valence-electron chi connectivity index (χ0n) is 14.0. The molecule has 0 amide bonds. The number of hydrogen-bond donors (Lipinski definition) is 0. The Balaban J connectivity index is 2.28. The summed E-state index contributed by atoms with van der Waals surface area (Å²) < 4.78 is 71.4. The number of fused-ring (bicyclic) bond motifs is 1. The van der Waals surface area contributed by atoms with Crippen molar-refractivity contribution >= 4 is 22.0 Å². The Morgan fingerprint density at radius 1 is 1.04 bits per heavy atom. The first-order chi connectivity index (χ1) is 12.7. The van der Waals surface area contributed by atoms with E-state index in [-0.39, 0.29) is 33.4 Å². The zero-order valence-corrected chi connectivity index (χ0v) is 14.9. The standard InChI is InChI=1S/C17H13F3N2O4S/c1-25-14-7-9(17(18,19)20)3-5-12(14)15-11-6-4-10(27(23)24)8-13(11)21-16(22-15)26-2/h3-8H,1-2H3,(H,23,24)/p-1. The van der Waals surface area contributed by atoms with E-state index in [9.17, 15) is 21.9 Å². The van der Waals surface area contributed by atoms with Crippen LogP contribution in [-0.2, 0) is 17.3 Å². The third-order valence-electron chi connectivity index (χ3n) is 3.81. The molecule has 1 aromatic heterocycles. The molecule has 2 aromatic carbocycles. The van der Waals surface area contributed by atoms with Crippen LogP contribution in [0.4, 0.5) is 13.2 Å². The number of aromatic nitrogens is 2. The number of rotatable bonds is 4. The predicted molar refractivity (Wildman–Crippen MR) is 90.3 cm³/mol. The van der Waals surface area contributed by atoms with Gasteiger partial charge in [0.05, 0.1) is 31.0 Å². The highest BCUT2D eigenvalue weighted by Crippen LogP contribution is 2.39. The topological polar surface area (TPSA) is 84.4 Å². The number of halogens is 3. The van der Waals surface area contributed by atoms with Crippen molar-refractivity contribution in [2.45, 2.75) is 11.1 Å². The quantitative estimate of drug-likeness (QED) is 0.626. The van der Waals surface area contributed by atoms with E-state index < -0.39 is 22.8 Å². The van der Waals surface area contributed by atoms with Gasteiger partial charge in [0, 0.05) is 15.8 Å². The molecule has 0 saturated heterocycles. The van der Waals surface area contributed by atoms with Gasteiger partial charge in [0.2, 0.25) is 0 Å². The summed E-state index contributed by atoms with van der Waals surface area (Å²) in [5, 5.41) is 0.433. The Labute approximate surface area is 154 Å². The molecule has 3 aromatic rings. The minimum Gasteiger partial charge on any atom is -0.768 e. The molecule has 1 heterocycles. The van der Waals surface area contributed by atoms with Crippen molar-refractivity contribution in [2.75, 3.05) is 14.2 Å². The molecule has 0 radical (unpaired) electrons. The number of hydrogen-bond acceptors (Lipinski definition) is 6. The third-order valence-corrected chi connectivity index (χ3v) is 4.45. The molecule has 1 unspecified atom stereocenters. The van der Waals surface area contributed by atoms with E-state index in [1.54, 1.807) is 0 Å². The highest BCUT2D eigenvalue weighted by Gasteiger charge is 2.31. The summed E-state index contributed by atoms with van der Waals surface area (Å²) in [7, 11) is 2.57. The van der Waals surface area contributed by atoms with Crippen molar-refractivity contribution in [1.82, 2.24) is 9.97 Å². The van der Waals surface area contributed by atoms with Gasteiger partial charge >= 0.3 is 12.2 Å². The van der Waals surface area contributed by atoms with Gasteiger partial charge in [0.15, 0.2) is 0 Å². The van der Waals surface area contributed by atoms with E-state index in [1.807, 2.05) is 0 Å². The fraction of sp³-hybridized carbons (Fsp3) is 0.176. The summed E-state index contributed by atoms with van der Waals surface area (Å²) in [5.41, 5.74) is -0.0594. The fourth-order valence-corrected chi connectivity index (χ4v) is 2.94. The third kappa shape index (κ3) is 3.71. The van der Waals surface area contributed by atoms with Gasteiger partial charge in [-0.3, -0.25) is 4.21 Å². The SMILES string of the molecule is COc1nc(-c2ccc(C(F)(F)F)cc2OC)c2ccc(S(=O)[O-])cc2n1. The van der Waals surface area contributed by atoms with E-state index in [0.717, 1.165) is 12.1 Å². The molecule has 1 atom stereocenters. The molecule has 0 fully saturated rings. The Bertz CT molecular complexity index is 1040. The molecule has 0 saturated carbocycles. The van der Waals surface area contributed by atoms with Gasteiger partial charge in [0.25, 0.3) is 0 Å². The van der Waals surface area contributed by atoms with E-state index in [4.69, 9.17) is 9.47 Å². The number of nitrogens with zero attached hydrogens (tertiary/aromatic N) is 2. The Morgan fingerprint density at radius 2 is 1.78 bits per heavy atom. The highest BCUT2D eigenvalue weighted by molar-refractivity contribution is 7.79. The van der Waals surface area contributed by atoms with Crippen LogP contribution in [0.25, 0.3) is 22.2 Å². The van der Waals surface area contributed by atoms with Gasteiger partial charge in [-0.05, 0) is 47.5 Å². The van der Waals surface area contributed by atoms with Crippen LogP contribution in [0, 0.1) is 0 Å². The molecule has 0 N–H and O–H groups in total. The summed E-state index contributed by atoms with van der Waals surface area (Å²) in [4.78, 5) is 8.33. The van der Waals surface area contributed by atoms with Crippen LogP contribution < -0.4 is 9.47 Å². The molecule has 0 aliphatic rings. The van der Waals surface area contributed by atoms with Crippen molar-refractivity contribution < 1.29 is 31.4 Å². The number of benzene rings is 2. The van der Waals surface area contributed by atoms with Crippen molar-refractivity contribution in [1.29, 1.82) is 0 Å².